The third kappa shape index (κ3) is 3.26. The highest BCUT2D eigenvalue weighted by molar-refractivity contribution is 6.02. The summed E-state index contributed by atoms with van der Waals surface area (Å²) in [5, 5.41) is 0. The lowest BCUT2D eigenvalue weighted by atomic mass is 9.87. The van der Waals surface area contributed by atoms with Gasteiger partial charge in [0.05, 0.1) is 5.54 Å². The summed E-state index contributed by atoms with van der Waals surface area (Å²) in [5.41, 5.74) is 3.90. The minimum Gasteiger partial charge on any atom is -1.00 e. The number of nitrogens with zero attached hydrogens (tertiary/aromatic N) is 2. The molecule has 1 aliphatic heterocycles. The summed E-state index contributed by atoms with van der Waals surface area (Å²) in [7, 11) is 0. The van der Waals surface area contributed by atoms with Crippen molar-refractivity contribution in [3.05, 3.63) is 66.0 Å². The van der Waals surface area contributed by atoms with Crippen LogP contribution in [0.3, 0.4) is 0 Å². The van der Waals surface area contributed by atoms with E-state index in [1.807, 2.05) is 6.07 Å². The molecular weight excluding hydrogens is 359 g/mol. The third-order valence-electron chi connectivity index (χ3n) is 3.50. The van der Waals surface area contributed by atoms with E-state index < -0.39 is 0 Å². The molecule has 0 fully saturated rings. The fraction of sp³-hybridized carbons (Fsp3) is 0.294. The van der Waals surface area contributed by atoms with Gasteiger partial charge in [0.2, 0.25) is 0 Å². The first kappa shape index (κ1) is 15.2. The number of pyridine rings is 1. The Bertz CT molecular complexity index is 618. The predicted molar refractivity (Wildman–Crippen MR) is 77.4 cm³/mol. The van der Waals surface area contributed by atoms with Gasteiger partial charge in [0, 0.05) is 17.7 Å². The molecule has 0 bridgehead atoms. The van der Waals surface area contributed by atoms with E-state index in [0.29, 0.717) is 0 Å². The number of halogens is 1. The van der Waals surface area contributed by atoms with Crippen LogP contribution in [0.15, 0.2) is 59.9 Å². The van der Waals surface area contributed by atoms with E-state index in [1.54, 1.807) is 0 Å². The largest absolute Gasteiger partial charge is 1.00 e. The van der Waals surface area contributed by atoms with Gasteiger partial charge in [-0.15, -0.1) is 0 Å². The molecule has 3 heteroatoms. The van der Waals surface area contributed by atoms with E-state index in [-0.39, 0.29) is 29.5 Å². The van der Waals surface area contributed by atoms with Crippen LogP contribution in [0.1, 0.15) is 25.0 Å². The van der Waals surface area contributed by atoms with E-state index in [9.17, 15) is 0 Å². The molecule has 1 aliphatic rings. The lowest BCUT2D eigenvalue weighted by Gasteiger charge is -2.28. The predicted octanol–water partition coefficient (Wildman–Crippen LogP) is -0.198. The molecule has 20 heavy (non-hydrogen) atoms. The summed E-state index contributed by atoms with van der Waals surface area (Å²) >= 11 is 0. The zero-order valence-electron chi connectivity index (χ0n) is 11.9. The first-order valence-electron chi connectivity index (χ1n) is 6.75. The van der Waals surface area contributed by atoms with Crippen LogP contribution in [-0.4, -0.2) is 11.3 Å². The number of hydrogen-bond donors (Lipinski definition) is 0. The van der Waals surface area contributed by atoms with Crippen molar-refractivity contribution in [2.75, 3.05) is 0 Å². The summed E-state index contributed by atoms with van der Waals surface area (Å²) in [6, 6.07) is 14.8. The van der Waals surface area contributed by atoms with Crippen molar-refractivity contribution in [2.24, 2.45) is 4.99 Å². The topological polar surface area (TPSA) is 16.2 Å². The van der Waals surface area contributed by atoms with Gasteiger partial charge in [-0.3, -0.25) is 4.99 Å². The first-order chi connectivity index (χ1) is 9.14. The number of fused-ring (bicyclic) bond motifs is 1. The Morgan fingerprint density at radius 1 is 1.05 bits per heavy atom. The minimum atomic E-state index is -0.000965. The second-order valence-corrected chi connectivity index (χ2v) is 5.75. The molecule has 2 heterocycles. The highest BCUT2D eigenvalue weighted by atomic mass is 127. The standard InChI is InChI=1S/C17H19N2.HI/c1-17(2)12-14-8-4-5-9-15(14)16(18-17)13-19-10-6-3-7-11-19;/h3-11H,12-13H2,1-2H3;1H/q+1;/p-1. The molecule has 1 aromatic heterocycles. The zero-order valence-corrected chi connectivity index (χ0v) is 14.0. The lowest BCUT2D eigenvalue weighted by molar-refractivity contribution is -0.681. The molecule has 0 radical (unpaired) electrons. The van der Waals surface area contributed by atoms with E-state index in [4.69, 9.17) is 4.99 Å². The molecular formula is C17H19IN2. The van der Waals surface area contributed by atoms with Gasteiger partial charge >= 0.3 is 0 Å². The molecule has 2 aromatic rings. The second-order valence-electron chi connectivity index (χ2n) is 5.75. The van der Waals surface area contributed by atoms with Gasteiger partial charge < -0.3 is 24.0 Å². The normalized spacial score (nSPS) is 15.8. The molecule has 104 valence electrons. The van der Waals surface area contributed by atoms with Gasteiger partial charge in [0.25, 0.3) is 0 Å². The average Bonchev–Trinajstić information content (AvgIpc) is 2.38. The van der Waals surface area contributed by atoms with Crippen LogP contribution >= 0.6 is 0 Å². The minimum absolute atomic E-state index is 0. The second kappa shape index (κ2) is 6.04. The van der Waals surface area contributed by atoms with E-state index >= 15 is 0 Å². The Hall–Kier alpha value is -1.23. The Labute approximate surface area is 137 Å². The molecule has 0 amide bonds. The lowest BCUT2D eigenvalue weighted by Crippen LogP contribution is -3.00. The van der Waals surface area contributed by atoms with Crippen LogP contribution in [0.25, 0.3) is 0 Å². The number of aromatic nitrogens is 1. The van der Waals surface area contributed by atoms with Crippen molar-refractivity contribution in [2.45, 2.75) is 32.4 Å². The van der Waals surface area contributed by atoms with Crippen LogP contribution in [0.4, 0.5) is 0 Å². The fourth-order valence-electron chi connectivity index (χ4n) is 2.72. The number of aliphatic imine (C=N–C) groups is 1. The maximum Gasteiger partial charge on any atom is 0.190 e. The van der Waals surface area contributed by atoms with E-state index in [1.165, 1.54) is 16.8 Å². The van der Waals surface area contributed by atoms with Gasteiger partial charge in [-0.1, -0.05) is 30.3 Å². The number of rotatable bonds is 2. The van der Waals surface area contributed by atoms with Crippen molar-refractivity contribution >= 4 is 5.71 Å². The smallest absolute Gasteiger partial charge is 0.190 e. The first-order valence-corrected chi connectivity index (χ1v) is 6.75. The van der Waals surface area contributed by atoms with Crippen molar-refractivity contribution in [1.82, 2.24) is 0 Å². The van der Waals surface area contributed by atoms with Crippen molar-refractivity contribution < 1.29 is 28.5 Å². The molecule has 0 saturated carbocycles. The summed E-state index contributed by atoms with van der Waals surface area (Å²) in [6.07, 6.45) is 5.20. The molecule has 0 saturated heterocycles. The maximum absolute atomic E-state index is 4.95. The highest BCUT2D eigenvalue weighted by Gasteiger charge is 2.27. The monoisotopic (exact) mass is 378 g/mol. The van der Waals surface area contributed by atoms with Crippen LogP contribution < -0.4 is 28.5 Å². The molecule has 3 rings (SSSR count). The molecule has 0 spiro atoms. The van der Waals surface area contributed by atoms with Crippen molar-refractivity contribution in [3.63, 3.8) is 0 Å². The van der Waals surface area contributed by atoms with Crippen molar-refractivity contribution in [3.8, 4) is 0 Å². The average molecular weight is 378 g/mol. The maximum atomic E-state index is 4.95. The quantitative estimate of drug-likeness (QED) is 0.509. The SMILES string of the molecule is CC1(C)Cc2ccccc2C(C[n+]2ccccc2)=N1.[I-]. The Morgan fingerprint density at radius 3 is 2.50 bits per heavy atom. The van der Waals surface area contributed by atoms with Gasteiger partial charge in [0.15, 0.2) is 18.9 Å². The zero-order chi connectivity index (χ0) is 13.3. The highest BCUT2D eigenvalue weighted by Crippen LogP contribution is 2.26. The van der Waals surface area contributed by atoms with Crippen LogP contribution in [0, 0.1) is 0 Å². The van der Waals surface area contributed by atoms with E-state index in [2.05, 4.69) is 67.2 Å². The van der Waals surface area contributed by atoms with Crippen LogP contribution in [0.2, 0.25) is 0 Å². The molecule has 0 aliphatic carbocycles. The third-order valence-corrected chi connectivity index (χ3v) is 3.50. The number of hydrogen-bond acceptors (Lipinski definition) is 1. The van der Waals surface area contributed by atoms with Gasteiger partial charge in [-0.2, -0.15) is 4.57 Å². The molecule has 0 N–H and O–H groups in total. The molecule has 0 unspecified atom stereocenters. The van der Waals surface area contributed by atoms with Crippen LogP contribution in [-0.2, 0) is 13.0 Å². The van der Waals surface area contributed by atoms with Crippen LogP contribution in [0.5, 0.6) is 0 Å². The summed E-state index contributed by atoms with van der Waals surface area (Å²) in [4.78, 5) is 4.95. The fourth-order valence-corrected chi connectivity index (χ4v) is 2.72. The Balaban J connectivity index is 0.00000147. The van der Waals surface area contributed by atoms with Gasteiger partial charge in [0.1, 0.15) is 5.71 Å². The molecule has 2 nitrogen and oxygen atoms in total. The summed E-state index contributed by atoms with van der Waals surface area (Å²) in [5.74, 6) is 0. The van der Waals surface area contributed by atoms with Gasteiger partial charge in [-0.25, -0.2) is 0 Å². The van der Waals surface area contributed by atoms with Gasteiger partial charge in [-0.05, 0) is 25.8 Å². The number of benzene rings is 1. The summed E-state index contributed by atoms with van der Waals surface area (Å²) in [6.45, 7) is 5.25. The van der Waals surface area contributed by atoms with Crippen molar-refractivity contribution in [1.29, 1.82) is 0 Å². The molecule has 1 aromatic carbocycles. The Morgan fingerprint density at radius 2 is 1.75 bits per heavy atom. The summed E-state index contributed by atoms with van der Waals surface area (Å²) < 4.78 is 2.18. The van der Waals surface area contributed by atoms with E-state index in [0.717, 1.165) is 13.0 Å². The molecule has 0 atom stereocenters. The Kier molecular flexibility index (Phi) is 4.58.